The average Bonchev–Trinajstić information content (AvgIpc) is 2.47. The third kappa shape index (κ3) is 3.69. The zero-order chi connectivity index (χ0) is 15.5. The predicted octanol–water partition coefficient (Wildman–Crippen LogP) is 2.61. The minimum Gasteiger partial charge on any atom is -0.321 e. The lowest BCUT2D eigenvalue weighted by Crippen LogP contribution is -2.21. The molecule has 0 unspecified atom stereocenters. The van der Waals surface area contributed by atoms with E-state index in [9.17, 15) is 13.2 Å². The Morgan fingerprint density at radius 3 is 2.48 bits per heavy atom. The third-order valence-corrected chi connectivity index (χ3v) is 4.75. The van der Waals surface area contributed by atoms with E-state index in [0.29, 0.717) is 5.56 Å². The zero-order valence-corrected chi connectivity index (χ0v) is 13.5. The van der Waals surface area contributed by atoms with Crippen LogP contribution in [-0.2, 0) is 10.0 Å². The number of carbonyl (C=O) groups excluding carboxylic acids is 1. The van der Waals surface area contributed by atoms with Crippen molar-refractivity contribution in [2.75, 3.05) is 12.4 Å². The molecule has 110 valence electrons. The quantitative estimate of drug-likeness (QED) is 0.870. The van der Waals surface area contributed by atoms with Crippen LogP contribution < -0.4 is 10.0 Å². The first-order chi connectivity index (χ1) is 9.94. The van der Waals surface area contributed by atoms with E-state index in [0.717, 1.165) is 4.47 Å². The monoisotopic (exact) mass is 368 g/mol. The summed E-state index contributed by atoms with van der Waals surface area (Å²) in [5.74, 6) is -0.380. The number of rotatable bonds is 4. The van der Waals surface area contributed by atoms with Gasteiger partial charge < -0.3 is 5.32 Å². The molecule has 0 radical (unpaired) electrons. The van der Waals surface area contributed by atoms with Crippen LogP contribution in [0.4, 0.5) is 5.69 Å². The van der Waals surface area contributed by atoms with Crippen molar-refractivity contribution >= 4 is 37.5 Å². The lowest BCUT2D eigenvalue weighted by molar-refractivity contribution is 0.102. The molecule has 0 fully saturated rings. The second-order valence-electron chi connectivity index (χ2n) is 4.17. The summed E-state index contributed by atoms with van der Waals surface area (Å²) in [6.07, 6.45) is 0. The summed E-state index contributed by atoms with van der Waals surface area (Å²) < 4.78 is 26.9. The largest absolute Gasteiger partial charge is 0.321 e. The van der Waals surface area contributed by atoms with Gasteiger partial charge >= 0.3 is 0 Å². The standard InChI is InChI=1S/C14H13BrN2O3S/c1-16-21(19,20)13-8-3-2-7-12(13)17-14(18)10-5-4-6-11(15)9-10/h2-9,16H,1H3,(H,17,18). The molecule has 0 saturated heterocycles. The lowest BCUT2D eigenvalue weighted by atomic mass is 10.2. The van der Waals surface area contributed by atoms with Gasteiger partial charge in [0.25, 0.3) is 5.91 Å². The number of hydrogen-bond acceptors (Lipinski definition) is 3. The molecule has 5 nitrogen and oxygen atoms in total. The Morgan fingerprint density at radius 2 is 1.81 bits per heavy atom. The van der Waals surface area contributed by atoms with E-state index in [-0.39, 0.29) is 16.5 Å². The molecule has 0 heterocycles. The Kier molecular flexibility index (Phi) is 4.76. The molecule has 0 saturated carbocycles. The summed E-state index contributed by atoms with van der Waals surface area (Å²) in [4.78, 5) is 12.2. The maximum Gasteiger partial charge on any atom is 0.255 e. The third-order valence-electron chi connectivity index (χ3n) is 2.78. The first kappa shape index (κ1) is 15.7. The molecule has 0 bridgehead atoms. The first-order valence-electron chi connectivity index (χ1n) is 6.03. The molecule has 2 aromatic carbocycles. The van der Waals surface area contributed by atoms with Crippen LogP contribution in [0.2, 0.25) is 0 Å². The van der Waals surface area contributed by atoms with E-state index in [1.54, 1.807) is 42.5 Å². The van der Waals surface area contributed by atoms with Crippen molar-refractivity contribution in [2.45, 2.75) is 4.90 Å². The fourth-order valence-corrected chi connectivity index (χ4v) is 3.02. The van der Waals surface area contributed by atoms with Crippen LogP contribution in [0.3, 0.4) is 0 Å². The summed E-state index contributed by atoms with van der Waals surface area (Å²) in [5.41, 5.74) is 0.665. The molecule has 1 amide bonds. The number of carbonyl (C=O) groups is 1. The summed E-state index contributed by atoms with van der Waals surface area (Å²) in [6.45, 7) is 0. The Bertz CT molecular complexity index is 775. The van der Waals surface area contributed by atoms with Gasteiger partial charge in [0.15, 0.2) is 0 Å². The van der Waals surface area contributed by atoms with E-state index < -0.39 is 10.0 Å². The molecule has 0 aliphatic rings. The Morgan fingerprint density at radius 1 is 1.10 bits per heavy atom. The molecule has 2 N–H and O–H groups in total. The van der Waals surface area contributed by atoms with E-state index in [2.05, 4.69) is 26.0 Å². The molecule has 0 aliphatic carbocycles. The van der Waals surface area contributed by atoms with Crippen LogP contribution in [0.15, 0.2) is 57.9 Å². The minimum atomic E-state index is -3.64. The summed E-state index contributed by atoms with van der Waals surface area (Å²) in [6, 6.07) is 13.1. The Balaban J connectivity index is 2.35. The van der Waals surface area contributed by atoms with E-state index >= 15 is 0 Å². The fourth-order valence-electron chi connectivity index (χ4n) is 1.74. The van der Waals surface area contributed by atoms with Crippen LogP contribution >= 0.6 is 15.9 Å². The van der Waals surface area contributed by atoms with Gasteiger partial charge in [0.05, 0.1) is 5.69 Å². The Hall–Kier alpha value is -1.70. The van der Waals surface area contributed by atoms with Gasteiger partial charge in [0.1, 0.15) is 4.90 Å². The van der Waals surface area contributed by atoms with Gasteiger partial charge in [-0.15, -0.1) is 0 Å². The van der Waals surface area contributed by atoms with E-state index in [4.69, 9.17) is 0 Å². The second-order valence-corrected chi connectivity index (χ2v) is 6.94. The first-order valence-corrected chi connectivity index (χ1v) is 8.31. The van der Waals surface area contributed by atoms with Crippen LogP contribution in [-0.4, -0.2) is 21.4 Å². The van der Waals surface area contributed by atoms with Gasteiger partial charge in [-0.3, -0.25) is 4.79 Å². The number of sulfonamides is 1. The molecule has 0 spiro atoms. The average molecular weight is 369 g/mol. The number of nitrogens with one attached hydrogen (secondary N) is 2. The van der Waals surface area contributed by atoms with Gasteiger partial charge in [-0.05, 0) is 37.4 Å². The van der Waals surface area contributed by atoms with Crippen molar-refractivity contribution in [2.24, 2.45) is 0 Å². The molecular weight excluding hydrogens is 356 g/mol. The van der Waals surface area contributed by atoms with Crippen molar-refractivity contribution in [3.63, 3.8) is 0 Å². The molecule has 0 aromatic heterocycles. The summed E-state index contributed by atoms with van der Waals surface area (Å²) in [7, 11) is -2.32. The topological polar surface area (TPSA) is 75.3 Å². The van der Waals surface area contributed by atoms with E-state index in [1.165, 1.54) is 13.1 Å². The number of hydrogen-bond donors (Lipinski definition) is 2. The molecule has 0 atom stereocenters. The number of para-hydroxylation sites is 1. The number of anilines is 1. The number of halogens is 1. The molecule has 2 aromatic rings. The molecule has 0 aliphatic heterocycles. The van der Waals surface area contributed by atoms with Crippen LogP contribution in [0.1, 0.15) is 10.4 Å². The van der Waals surface area contributed by atoms with Gasteiger partial charge in [-0.2, -0.15) is 0 Å². The molecule has 2 rings (SSSR count). The number of amides is 1. The Labute approximate surface area is 131 Å². The fraction of sp³-hybridized carbons (Fsp3) is 0.0714. The van der Waals surface area contributed by atoms with Crippen LogP contribution in [0, 0.1) is 0 Å². The highest BCUT2D eigenvalue weighted by molar-refractivity contribution is 9.10. The SMILES string of the molecule is CNS(=O)(=O)c1ccccc1NC(=O)c1cccc(Br)c1. The van der Waals surface area contributed by atoms with Crippen molar-refractivity contribution < 1.29 is 13.2 Å². The van der Waals surface area contributed by atoms with E-state index in [1.807, 2.05) is 0 Å². The summed E-state index contributed by atoms with van der Waals surface area (Å²) >= 11 is 3.29. The number of benzene rings is 2. The minimum absolute atomic E-state index is 0.0239. The van der Waals surface area contributed by atoms with Gasteiger partial charge in [-0.25, -0.2) is 13.1 Å². The summed E-state index contributed by atoms with van der Waals surface area (Å²) in [5, 5.41) is 2.62. The maximum absolute atomic E-state index is 12.2. The molecule has 7 heteroatoms. The highest BCUT2D eigenvalue weighted by Crippen LogP contribution is 2.21. The van der Waals surface area contributed by atoms with Gasteiger partial charge in [0, 0.05) is 10.0 Å². The highest BCUT2D eigenvalue weighted by atomic mass is 79.9. The van der Waals surface area contributed by atoms with Crippen molar-refractivity contribution in [3.05, 3.63) is 58.6 Å². The van der Waals surface area contributed by atoms with Gasteiger partial charge in [-0.1, -0.05) is 34.1 Å². The molecular formula is C14H13BrN2O3S. The van der Waals surface area contributed by atoms with Crippen molar-refractivity contribution in [3.8, 4) is 0 Å². The van der Waals surface area contributed by atoms with Crippen LogP contribution in [0.25, 0.3) is 0 Å². The van der Waals surface area contributed by atoms with Crippen molar-refractivity contribution in [1.29, 1.82) is 0 Å². The maximum atomic E-state index is 12.2. The molecule has 21 heavy (non-hydrogen) atoms. The zero-order valence-electron chi connectivity index (χ0n) is 11.1. The highest BCUT2D eigenvalue weighted by Gasteiger charge is 2.17. The normalized spacial score (nSPS) is 11.1. The smallest absolute Gasteiger partial charge is 0.255 e. The second kappa shape index (κ2) is 6.38. The van der Waals surface area contributed by atoms with Gasteiger partial charge in [0.2, 0.25) is 10.0 Å². The van der Waals surface area contributed by atoms with Crippen LogP contribution in [0.5, 0.6) is 0 Å². The predicted molar refractivity (Wildman–Crippen MR) is 84.8 cm³/mol. The lowest BCUT2D eigenvalue weighted by Gasteiger charge is -2.11. The van der Waals surface area contributed by atoms with Crippen molar-refractivity contribution in [1.82, 2.24) is 4.72 Å².